The highest BCUT2D eigenvalue weighted by Crippen LogP contribution is 2.39. The van der Waals surface area contributed by atoms with E-state index in [9.17, 15) is 14.7 Å². The number of amides is 2. The summed E-state index contributed by atoms with van der Waals surface area (Å²) in [5.41, 5.74) is 0. The number of fused-ring (bicyclic) bond motifs is 1. The number of hydrogen-bond acceptors (Lipinski definition) is 5. The molecule has 0 saturated carbocycles. The van der Waals surface area contributed by atoms with Crippen LogP contribution in [-0.4, -0.2) is 16.9 Å². The second-order valence-electron chi connectivity index (χ2n) is 3.81. The molecule has 0 unspecified atom stereocenters. The van der Waals surface area contributed by atoms with E-state index in [2.05, 4.69) is 21.2 Å². The smallest absolute Gasteiger partial charge is 0.294 e. The quantitative estimate of drug-likeness (QED) is 0.812. The average molecular weight is 356 g/mol. The summed E-state index contributed by atoms with van der Waals surface area (Å²) in [5, 5.41) is 12.6. The van der Waals surface area contributed by atoms with Gasteiger partial charge in [0.25, 0.3) is 11.8 Å². The number of thioether (sulfide) groups is 1. The van der Waals surface area contributed by atoms with Crippen molar-refractivity contribution in [2.75, 3.05) is 0 Å². The molecule has 1 aromatic heterocycles. The summed E-state index contributed by atoms with van der Waals surface area (Å²) in [6.07, 6.45) is 0. The largest absolute Gasteiger partial charge is 0.502 e. The van der Waals surface area contributed by atoms with E-state index in [0.717, 1.165) is 30.5 Å². The van der Waals surface area contributed by atoms with Crippen LogP contribution in [0.1, 0.15) is 0 Å². The highest BCUT2D eigenvalue weighted by atomic mass is 79.9. The number of halogens is 1. The second kappa shape index (κ2) is 4.66. The highest BCUT2D eigenvalue weighted by Gasteiger charge is 2.31. The molecule has 0 fully saturated rings. The fraction of sp³-hybridized carbons (Fsp3) is 0. The van der Waals surface area contributed by atoms with Crippen LogP contribution in [0.2, 0.25) is 0 Å². The number of carbonyl (C=O) groups excluding carboxylic acids is 2. The number of carbonyl (C=O) groups is 2. The first-order valence-electron chi connectivity index (χ1n) is 5.20. The Balaban J connectivity index is 1.98. The number of benzene rings is 1. The number of thiophene rings is 1. The normalized spacial score (nSPS) is 15.4. The Kier molecular flexibility index (Phi) is 3.12. The first-order chi connectivity index (χ1) is 9.04. The zero-order valence-corrected chi connectivity index (χ0v) is 12.5. The summed E-state index contributed by atoms with van der Waals surface area (Å²) >= 11 is 6.00. The van der Waals surface area contributed by atoms with Gasteiger partial charge < -0.3 is 5.11 Å². The van der Waals surface area contributed by atoms with E-state index in [0.29, 0.717) is 0 Å². The van der Waals surface area contributed by atoms with Crippen LogP contribution in [0, 0.1) is 0 Å². The van der Waals surface area contributed by atoms with Gasteiger partial charge in [0.15, 0.2) is 0 Å². The van der Waals surface area contributed by atoms with Crippen molar-refractivity contribution in [3.05, 3.63) is 39.4 Å². The molecule has 1 aromatic carbocycles. The molecule has 4 nitrogen and oxygen atoms in total. The number of nitrogens with one attached hydrogen (secondary N) is 1. The third-order valence-electron chi connectivity index (χ3n) is 2.52. The maximum absolute atomic E-state index is 11.5. The van der Waals surface area contributed by atoms with E-state index in [1.807, 2.05) is 24.3 Å². The lowest BCUT2D eigenvalue weighted by Gasteiger charge is -1.95. The van der Waals surface area contributed by atoms with Crippen LogP contribution < -0.4 is 5.32 Å². The van der Waals surface area contributed by atoms with Gasteiger partial charge in [-0.3, -0.25) is 14.9 Å². The number of aliphatic hydroxyl groups excluding tert-OH is 1. The Hall–Kier alpha value is -1.31. The van der Waals surface area contributed by atoms with Crippen LogP contribution in [0.3, 0.4) is 0 Å². The molecule has 0 atom stereocenters. The SMILES string of the molecule is O=C1NC(=O)C(Sc2cc3cc(Br)ccc3s2)=C1O. The molecule has 0 radical (unpaired) electrons. The Morgan fingerprint density at radius 3 is 2.68 bits per heavy atom. The number of hydrogen-bond donors (Lipinski definition) is 2. The zero-order chi connectivity index (χ0) is 13.6. The topological polar surface area (TPSA) is 66.4 Å². The molecule has 2 N–H and O–H groups in total. The average Bonchev–Trinajstić information content (AvgIpc) is 2.85. The number of aliphatic hydroxyl groups is 1. The summed E-state index contributed by atoms with van der Waals surface area (Å²) < 4.78 is 2.90. The van der Waals surface area contributed by atoms with Gasteiger partial charge in [0.2, 0.25) is 5.76 Å². The van der Waals surface area contributed by atoms with Gasteiger partial charge in [-0.2, -0.15) is 0 Å². The van der Waals surface area contributed by atoms with Gasteiger partial charge in [0.1, 0.15) is 4.91 Å². The Morgan fingerprint density at radius 1 is 1.21 bits per heavy atom. The minimum Gasteiger partial charge on any atom is -0.502 e. The minimum atomic E-state index is -0.739. The summed E-state index contributed by atoms with van der Waals surface area (Å²) in [6.45, 7) is 0. The van der Waals surface area contributed by atoms with Crippen LogP contribution in [-0.2, 0) is 9.59 Å². The van der Waals surface area contributed by atoms with E-state index in [-0.39, 0.29) is 4.91 Å². The summed E-state index contributed by atoms with van der Waals surface area (Å²) in [4.78, 5) is 22.7. The van der Waals surface area contributed by atoms with Gasteiger partial charge in [-0.05, 0) is 29.7 Å². The minimum absolute atomic E-state index is 0.0515. The molecule has 96 valence electrons. The predicted molar refractivity (Wildman–Crippen MR) is 78.2 cm³/mol. The van der Waals surface area contributed by atoms with Gasteiger partial charge in [-0.15, -0.1) is 11.3 Å². The molecule has 1 aliphatic heterocycles. The van der Waals surface area contributed by atoms with Gasteiger partial charge >= 0.3 is 0 Å². The molecular weight excluding hydrogens is 350 g/mol. The summed E-state index contributed by atoms with van der Waals surface area (Å²) in [6, 6.07) is 7.81. The highest BCUT2D eigenvalue weighted by molar-refractivity contribution is 9.10. The predicted octanol–water partition coefficient (Wildman–Crippen LogP) is 3.18. The van der Waals surface area contributed by atoms with Gasteiger partial charge in [0, 0.05) is 9.17 Å². The van der Waals surface area contributed by atoms with E-state index in [1.54, 1.807) is 0 Å². The van der Waals surface area contributed by atoms with Crippen molar-refractivity contribution in [2.45, 2.75) is 4.21 Å². The van der Waals surface area contributed by atoms with Crippen molar-refractivity contribution in [1.29, 1.82) is 0 Å². The van der Waals surface area contributed by atoms with Crippen molar-refractivity contribution in [3.8, 4) is 0 Å². The molecule has 7 heteroatoms. The molecule has 2 heterocycles. The van der Waals surface area contributed by atoms with Crippen LogP contribution >= 0.6 is 39.0 Å². The maximum Gasteiger partial charge on any atom is 0.294 e. The molecule has 0 saturated heterocycles. The Morgan fingerprint density at radius 2 is 2.00 bits per heavy atom. The van der Waals surface area contributed by atoms with Crippen molar-refractivity contribution in [1.82, 2.24) is 5.32 Å². The molecule has 0 aliphatic carbocycles. The van der Waals surface area contributed by atoms with E-state index in [1.165, 1.54) is 11.3 Å². The molecule has 3 rings (SSSR count). The summed E-state index contributed by atoms with van der Waals surface area (Å²) in [7, 11) is 0. The fourth-order valence-corrected chi connectivity index (χ4v) is 4.22. The second-order valence-corrected chi connectivity index (χ2v) is 7.12. The molecule has 1 aliphatic rings. The lowest BCUT2D eigenvalue weighted by atomic mass is 10.3. The van der Waals surface area contributed by atoms with Gasteiger partial charge in [0.05, 0.1) is 4.21 Å². The van der Waals surface area contributed by atoms with Crippen LogP contribution in [0.4, 0.5) is 0 Å². The van der Waals surface area contributed by atoms with Crippen molar-refractivity contribution < 1.29 is 14.7 Å². The third kappa shape index (κ3) is 2.29. The lowest BCUT2D eigenvalue weighted by molar-refractivity contribution is -0.124. The molecular formula is C12H6BrNO3S2. The first-order valence-corrected chi connectivity index (χ1v) is 7.63. The molecule has 0 spiro atoms. The van der Waals surface area contributed by atoms with E-state index >= 15 is 0 Å². The van der Waals surface area contributed by atoms with Crippen LogP contribution in [0.25, 0.3) is 10.1 Å². The first kappa shape index (κ1) is 12.7. The van der Waals surface area contributed by atoms with E-state index in [4.69, 9.17) is 0 Å². The van der Waals surface area contributed by atoms with Crippen molar-refractivity contribution in [2.24, 2.45) is 0 Å². The third-order valence-corrected chi connectivity index (χ3v) is 5.33. The van der Waals surface area contributed by atoms with E-state index < -0.39 is 17.6 Å². The van der Waals surface area contributed by atoms with Gasteiger partial charge in [-0.25, -0.2) is 0 Å². The Bertz CT molecular complexity index is 751. The lowest BCUT2D eigenvalue weighted by Crippen LogP contribution is -2.22. The zero-order valence-electron chi connectivity index (χ0n) is 9.27. The summed E-state index contributed by atoms with van der Waals surface area (Å²) in [5.74, 6) is -1.80. The maximum atomic E-state index is 11.5. The van der Waals surface area contributed by atoms with Crippen LogP contribution in [0.15, 0.2) is 43.6 Å². The van der Waals surface area contributed by atoms with Crippen molar-refractivity contribution >= 4 is 60.9 Å². The van der Waals surface area contributed by atoms with Gasteiger partial charge in [-0.1, -0.05) is 27.7 Å². The fourth-order valence-electron chi connectivity index (χ4n) is 1.67. The standard InChI is InChI=1S/C12H6BrNO3S2/c13-6-1-2-7-5(3-6)4-8(18-7)19-10-9(15)11(16)14-12(10)17/h1-4H,(H2,14,15,16,17). The molecule has 2 aromatic rings. The number of imide groups is 1. The Labute approximate surface area is 124 Å². The molecule has 0 bridgehead atoms. The monoisotopic (exact) mass is 355 g/mol. The van der Waals surface area contributed by atoms with Crippen molar-refractivity contribution in [3.63, 3.8) is 0 Å². The molecule has 2 amide bonds. The van der Waals surface area contributed by atoms with Crippen LogP contribution in [0.5, 0.6) is 0 Å². The number of rotatable bonds is 2. The molecule has 19 heavy (non-hydrogen) atoms.